The Morgan fingerprint density at radius 1 is 1.04 bits per heavy atom. The fourth-order valence-electron chi connectivity index (χ4n) is 4.57. The first-order valence-corrected chi connectivity index (χ1v) is 8.72. The molecule has 128 valence electrons. The molecule has 5 heteroatoms. The zero-order valence-corrected chi connectivity index (χ0v) is 13.8. The van der Waals surface area contributed by atoms with E-state index in [0.29, 0.717) is 5.56 Å². The summed E-state index contributed by atoms with van der Waals surface area (Å²) in [4.78, 5) is 27.1. The molecule has 2 aromatic carbocycles. The topological polar surface area (TPSA) is 63.4 Å². The second-order valence-corrected chi connectivity index (χ2v) is 6.83. The van der Waals surface area contributed by atoms with Crippen molar-refractivity contribution >= 4 is 5.78 Å². The van der Waals surface area contributed by atoms with Crippen LogP contribution in [0.1, 0.15) is 34.7 Å². The minimum Gasteiger partial charge on any atom is -0.292 e. The fourth-order valence-corrected chi connectivity index (χ4v) is 4.57. The molecule has 25 heavy (non-hydrogen) atoms. The van der Waals surface area contributed by atoms with Gasteiger partial charge in [-0.05, 0) is 24.9 Å². The Kier molecular flexibility index (Phi) is 4.09. The number of ketones is 1. The molecular formula is C20H20N2O3. The first kappa shape index (κ1) is 16.0. The van der Waals surface area contributed by atoms with Crippen LogP contribution in [0.3, 0.4) is 0 Å². The first-order valence-electron chi connectivity index (χ1n) is 8.72. The molecule has 2 heterocycles. The number of nitro groups is 1. The molecule has 4 rings (SSSR count). The fraction of sp³-hybridized carbons (Fsp3) is 0.350. The molecule has 2 saturated heterocycles. The number of fused-ring (bicyclic) bond motifs is 1. The van der Waals surface area contributed by atoms with Crippen molar-refractivity contribution in [3.63, 3.8) is 0 Å². The van der Waals surface area contributed by atoms with Gasteiger partial charge in [-0.2, -0.15) is 0 Å². The number of hydrogen-bond donors (Lipinski definition) is 0. The average Bonchev–Trinajstić information content (AvgIpc) is 3.22. The maximum absolute atomic E-state index is 13.3. The van der Waals surface area contributed by atoms with Gasteiger partial charge in [0.2, 0.25) is 6.04 Å². The van der Waals surface area contributed by atoms with E-state index in [-0.39, 0.29) is 16.7 Å². The predicted octanol–water partition coefficient (Wildman–Crippen LogP) is 3.15. The van der Waals surface area contributed by atoms with E-state index in [4.69, 9.17) is 0 Å². The van der Waals surface area contributed by atoms with Gasteiger partial charge in [0.25, 0.3) is 0 Å². The molecule has 2 fully saturated rings. The van der Waals surface area contributed by atoms with Crippen LogP contribution in [0.2, 0.25) is 0 Å². The molecular weight excluding hydrogens is 316 g/mol. The van der Waals surface area contributed by atoms with Crippen LogP contribution >= 0.6 is 0 Å². The van der Waals surface area contributed by atoms with E-state index in [1.807, 2.05) is 48.5 Å². The summed E-state index contributed by atoms with van der Waals surface area (Å²) in [6.07, 6.45) is 1.70. The average molecular weight is 336 g/mol. The van der Waals surface area contributed by atoms with Crippen molar-refractivity contribution < 1.29 is 9.72 Å². The highest BCUT2D eigenvalue weighted by Gasteiger charge is 2.59. The van der Waals surface area contributed by atoms with Crippen LogP contribution in [-0.4, -0.2) is 40.3 Å². The van der Waals surface area contributed by atoms with Crippen molar-refractivity contribution in [2.45, 2.75) is 36.9 Å². The molecule has 0 N–H and O–H groups in total. The first-order chi connectivity index (χ1) is 12.2. The Morgan fingerprint density at radius 3 is 2.32 bits per heavy atom. The van der Waals surface area contributed by atoms with Gasteiger partial charge in [0.15, 0.2) is 5.78 Å². The van der Waals surface area contributed by atoms with E-state index in [1.165, 1.54) is 0 Å². The van der Waals surface area contributed by atoms with E-state index in [9.17, 15) is 14.9 Å². The molecule has 0 radical (unpaired) electrons. The normalized spacial score (nSPS) is 28.6. The monoisotopic (exact) mass is 336 g/mol. The van der Waals surface area contributed by atoms with Crippen molar-refractivity contribution in [1.82, 2.24) is 4.90 Å². The van der Waals surface area contributed by atoms with Crippen LogP contribution in [0.25, 0.3) is 0 Å². The third kappa shape index (κ3) is 2.65. The van der Waals surface area contributed by atoms with Gasteiger partial charge in [0.1, 0.15) is 0 Å². The summed E-state index contributed by atoms with van der Waals surface area (Å²) in [6, 6.07) is 17.3. The van der Waals surface area contributed by atoms with Gasteiger partial charge in [-0.1, -0.05) is 60.7 Å². The third-order valence-corrected chi connectivity index (χ3v) is 5.56. The molecule has 0 aromatic heterocycles. The number of nitrogens with zero attached hydrogens (tertiary/aromatic N) is 2. The lowest BCUT2D eigenvalue weighted by molar-refractivity contribution is -0.527. The van der Waals surface area contributed by atoms with Gasteiger partial charge in [0.05, 0.1) is 18.0 Å². The van der Waals surface area contributed by atoms with E-state index >= 15 is 0 Å². The van der Waals surface area contributed by atoms with Crippen molar-refractivity contribution in [2.24, 2.45) is 0 Å². The van der Waals surface area contributed by atoms with Gasteiger partial charge in [-0.3, -0.25) is 19.8 Å². The zero-order valence-electron chi connectivity index (χ0n) is 13.8. The van der Waals surface area contributed by atoms with Crippen molar-refractivity contribution in [3.05, 3.63) is 81.9 Å². The van der Waals surface area contributed by atoms with Gasteiger partial charge in [0, 0.05) is 10.5 Å². The molecule has 2 aromatic rings. The number of Topliss-reactive ketones (excluding diaryl/α,β-unsaturated/α-hetero) is 1. The largest absolute Gasteiger partial charge is 0.292 e. The van der Waals surface area contributed by atoms with Crippen LogP contribution in [0.15, 0.2) is 60.7 Å². The van der Waals surface area contributed by atoms with Crippen molar-refractivity contribution in [3.8, 4) is 0 Å². The lowest BCUT2D eigenvalue weighted by Gasteiger charge is -2.25. The Morgan fingerprint density at radius 2 is 1.68 bits per heavy atom. The maximum Gasteiger partial charge on any atom is 0.237 e. The molecule has 0 bridgehead atoms. The maximum atomic E-state index is 13.3. The second-order valence-electron chi connectivity index (χ2n) is 6.83. The zero-order chi connectivity index (χ0) is 17.4. The Labute approximate surface area is 146 Å². The molecule has 0 amide bonds. The quantitative estimate of drug-likeness (QED) is 0.489. The summed E-state index contributed by atoms with van der Waals surface area (Å²) in [5, 5.41) is 11.9. The number of carbonyl (C=O) groups excluding carboxylic acids is 1. The second kappa shape index (κ2) is 6.41. The highest BCUT2D eigenvalue weighted by atomic mass is 16.6. The van der Waals surface area contributed by atoms with E-state index in [2.05, 4.69) is 4.90 Å². The lowest BCUT2D eigenvalue weighted by Crippen LogP contribution is -2.39. The van der Waals surface area contributed by atoms with Crippen LogP contribution in [0.4, 0.5) is 0 Å². The summed E-state index contributed by atoms with van der Waals surface area (Å²) >= 11 is 0. The van der Waals surface area contributed by atoms with Crippen LogP contribution < -0.4 is 0 Å². The van der Waals surface area contributed by atoms with E-state index in [0.717, 1.165) is 24.9 Å². The molecule has 5 nitrogen and oxygen atoms in total. The summed E-state index contributed by atoms with van der Waals surface area (Å²) < 4.78 is 0. The summed E-state index contributed by atoms with van der Waals surface area (Å²) in [5.41, 5.74) is 1.51. The third-order valence-electron chi connectivity index (χ3n) is 5.56. The van der Waals surface area contributed by atoms with Crippen LogP contribution in [-0.2, 0) is 0 Å². The lowest BCUT2D eigenvalue weighted by atomic mass is 9.83. The number of rotatable bonds is 4. The molecule has 2 aliphatic rings. The smallest absolute Gasteiger partial charge is 0.237 e. The Hall–Kier alpha value is -2.53. The number of carbonyl (C=O) groups is 1. The van der Waals surface area contributed by atoms with Gasteiger partial charge < -0.3 is 0 Å². The highest BCUT2D eigenvalue weighted by molar-refractivity contribution is 6.01. The minimum absolute atomic E-state index is 0.00861. The summed E-state index contributed by atoms with van der Waals surface area (Å²) in [7, 11) is 0. The SMILES string of the molecule is O=C(c1ccccc1)[C@H]1[C@@H](c2ccccc2)[C@H]([N+](=O)[O-])[C@@H]2CCCN21. The molecule has 0 unspecified atom stereocenters. The van der Waals surface area contributed by atoms with Crippen LogP contribution in [0, 0.1) is 10.1 Å². The Balaban J connectivity index is 1.81. The van der Waals surface area contributed by atoms with Crippen molar-refractivity contribution in [1.29, 1.82) is 0 Å². The predicted molar refractivity (Wildman–Crippen MR) is 94.3 cm³/mol. The summed E-state index contributed by atoms with van der Waals surface area (Å²) in [5.74, 6) is -0.417. The van der Waals surface area contributed by atoms with Crippen LogP contribution in [0.5, 0.6) is 0 Å². The highest BCUT2D eigenvalue weighted by Crippen LogP contribution is 2.44. The minimum atomic E-state index is -0.734. The molecule has 4 atom stereocenters. The number of hydrogen-bond acceptors (Lipinski definition) is 4. The van der Waals surface area contributed by atoms with E-state index in [1.54, 1.807) is 12.1 Å². The van der Waals surface area contributed by atoms with E-state index < -0.39 is 18.0 Å². The molecule has 0 saturated carbocycles. The van der Waals surface area contributed by atoms with Gasteiger partial charge in [-0.25, -0.2) is 0 Å². The molecule has 2 aliphatic heterocycles. The Bertz CT molecular complexity index is 778. The van der Waals surface area contributed by atoms with Crippen molar-refractivity contribution in [2.75, 3.05) is 6.54 Å². The number of benzene rings is 2. The van der Waals surface area contributed by atoms with Gasteiger partial charge >= 0.3 is 0 Å². The molecule has 0 spiro atoms. The summed E-state index contributed by atoms with van der Waals surface area (Å²) in [6.45, 7) is 0.752. The standard InChI is InChI=1S/C20H20N2O3/c23-20(15-10-5-2-6-11-15)19-17(14-8-3-1-4-9-14)18(22(24)25)16-12-7-13-21(16)19/h1-6,8-11,16-19H,7,12-13H2/t16-,17-,18+,19+/m0/s1. The molecule has 0 aliphatic carbocycles. The van der Waals surface area contributed by atoms with Gasteiger partial charge in [-0.15, -0.1) is 0 Å².